The van der Waals surface area contributed by atoms with Crippen molar-refractivity contribution in [3.05, 3.63) is 24.0 Å². The molecule has 0 saturated heterocycles. The fourth-order valence-corrected chi connectivity index (χ4v) is 1.38. The number of nitrogens with zero attached hydrogens (tertiary/aromatic N) is 3. The lowest BCUT2D eigenvalue weighted by atomic mass is 10.3. The summed E-state index contributed by atoms with van der Waals surface area (Å²) in [4.78, 5) is 5.73. The molecule has 0 spiro atoms. The number of hydrogen-bond acceptors (Lipinski definition) is 5. The van der Waals surface area contributed by atoms with Gasteiger partial charge in [-0.25, -0.2) is 4.98 Å². The van der Waals surface area contributed by atoms with E-state index in [2.05, 4.69) is 4.98 Å². The maximum absolute atomic E-state index is 9.56. The third-order valence-corrected chi connectivity index (χ3v) is 2.14. The van der Waals surface area contributed by atoms with Crippen molar-refractivity contribution in [2.45, 2.75) is 6.10 Å². The third-order valence-electron chi connectivity index (χ3n) is 2.14. The van der Waals surface area contributed by atoms with Crippen molar-refractivity contribution in [1.82, 2.24) is 4.98 Å². The Balaban J connectivity index is 2.65. The summed E-state index contributed by atoms with van der Waals surface area (Å²) in [6, 6.07) is 5.45. The van der Waals surface area contributed by atoms with Crippen LogP contribution < -0.4 is 4.90 Å². The maximum Gasteiger partial charge on any atom is 0.142 e. The molecule has 0 aliphatic heterocycles. The van der Waals surface area contributed by atoms with Gasteiger partial charge in [-0.2, -0.15) is 5.26 Å². The van der Waals surface area contributed by atoms with E-state index in [1.165, 1.54) is 0 Å². The van der Waals surface area contributed by atoms with Crippen molar-refractivity contribution in [3.8, 4) is 6.07 Å². The molecule has 0 aliphatic rings. The highest BCUT2D eigenvalue weighted by molar-refractivity contribution is 5.48. The van der Waals surface area contributed by atoms with Crippen molar-refractivity contribution in [3.63, 3.8) is 0 Å². The summed E-state index contributed by atoms with van der Waals surface area (Å²) in [5.74, 6) is 0. The number of nitriles is 1. The van der Waals surface area contributed by atoms with Crippen LogP contribution in [0.5, 0.6) is 0 Å². The lowest BCUT2D eigenvalue weighted by Gasteiger charge is -2.22. The molecule has 1 rings (SSSR count). The quantitative estimate of drug-likeness (QED) is 0.779. The molecule has 0 fully saturated rings. The van der Waals surface area contributed by atoms with Gasteiger partial charge in [-0.1, -0.05) is 0 Å². The SMILES string of the molecule is COCC(O)CN(C)c1ccnc(C#N)c1. The van der Waals surface area contributed by atoms with Crippen LogP contribution in [0.25, 0.3) is 0 Å². The van der Waals surface area contributed by atoms with Crippen LogP contribution in [0.15, 0.2) is 18.3 Å². The van der Waals surface area contributed by atoms with Gasteiger partial charge in [0.05, 0.1) is 12.7 Å². The van der Waals surface area contributed by atoms with E-state index in [4.69, 9.17) is 10.00 Å². The zero-order valence-electron chi connectivity index (χ0n) is 9.42. The number of pyridine rings is 1. The molecule has 1 heterocycles. The molecular weight excluding hydrogens is 206 g/mol. The number of aliphatic hydroxyl groups is 1. The molecular formula is C11H15N3O2. The first-order chi connectivity index (χ1) is 7.67. The molecule has 1 N–H and O–H groups in total. The van der Waals surface area contributed by atoms with Crippen LogP contribution in [0.1, 0.15) is 5.69 Å². The van der Waals surface area contributed by atoms with Crippen LogP contribution in [0, 0.1) is 11.3 Å². The highest BCUT2D eigenvalue weighted by Gasteiger charge is 2.09. The Morgan fingerprint density at radius 3 is 3.06 bits per heavy atom. The van der Waals surface area contributed by atoms with E-state index in [0.717, 1.165) is 5.69 Å². The Morgan fingerprint density at radius 2 is 2.44 bits per heavy atom. The van der Waals surface area contributed by atoms with E-state index in [9.17, 15) is 5.11 Å². The summed E-state index contributed by atoms with van der Waals surface area (Å²) < 4.78 is 4.84. The second-order valence-corrected chi connectivity index (χ2v) is 3.50. The van der Waals surface area contributed by atoms with Crippen molar-refractivity contribution in [2.24, 2.45) is 0 Å². The number of likely N-dealkylation sites (N-methyl/N-ethyl adjacent to an activating group) is 1. The molecule has 1 aromatic rings. The summed E-state index contributed by atoms with van der Waals surface area (Å²) in [6.07, 6.45) is 1.03. The van der Waals surface area contributed by atoms with Crippen LogP contribution in [0.4, 0.5) is 5.69 Å². The zero-order chi connectivity index (χ0) is 12.0. The van der Waals surface area contributed by atoms with Crippen LogP contribution >= 0.6 is 0 Å². The second kappa shape index (κ2) is 6.05. The van der Waals surface area contributed by atoms with Crippen molar-refractivity contribution >= 4 is 5.69 Å². The third kappa shape index (κ3) is 3.50. The lowest BCUT2D eigenvalue weighted by molar-refractivity contribution is 0.0695. The van der Waals surface area contributed by atoms with Crippen LogP contribution in [0.2, 0.25) is 0 Å². The van der Waals surface area contributed by atoms with Gasteiger partial charge in [0.1, 0.15) is 11.8 Å². The molecule has 5 heteroatoms. The smallest absolute Gasteiger partial charge is 0.142 e. The largest absolute Gasteiger partial charge is 0.389 e. The van der Waals surface area contributed by atoms with E-state index in [1.807, 2.05) is 18.0 Å². The topological polar surface area (TPSA) is 69.4 Å². The molecule has 0 aliphatic carbocycles. The van der Waals surface area contributed by atoms with E-state index in [1.54, 1.807) is 25.4 Å². The molecule has 1 aromatic heterocycles. The molecule has 0 bridgehead atoms. The molecule has 0 saturated carbocycles. The summed E-state index contributed by atoms with van der Waals surface area (Å²) in [6.45, 7) is 0.739. The first-order valence-electron chi connectivity index (χ1n) is 4.91. The highest BCUT2D eigenvalue weighted by Crippen LogP contribution is 2.12. The fraction of sp³-hybridized carbons (Fsp3) is 0.455. The predicted molar refractivity (Wildman–Crippen MR) is 60.1 cm³/mol. The number of methoxy groups -OCH3 is 1. The van der Waals surface area contributed by atoms with Crippen LogP contribution in [0.3, 0.4) is 0 Å². The highest BCUT2D eigenvalue weighted by atomic mass is 16.5. The molecule has 16 heavy (non-hydrogen) atoms. The molecule has 5 nitrogen and oxygen atoms in total. The number of aliphatic hydroxyl groups excluding tert-OH is 1. The van der Waals surface area contributed by atoms with Gasteiger partial charge in [-0.05, 0) is 12.1 Å². The van der Waals surface area contributed by atoms with Gasteiger partial charge < -0.3 is 14.7 Å². The van der Waals surface area contributed by atoms with E-state index >= 15 is 0 Å². The minimum Gasteiger partial charge on any atom is -0.389 e. The molecule has 0 radical (unpaired) electrons. The van der Waals surface area contributed by atoms with E-state index < -0.39 is 6.10 Å². The summed E-state index contributed by atoms with van der Waals surface area (Å²) in [5, 5.41) is 18.3. The minimum atomic E-state index is -0.547. The van der Waals surface area contributed by atoms with Gasteiger partial charge in [0, 0.05) is 32.6 Å². The van der Waals surface area contributed by atoms with Gasteiger partial charge in [0.2, 0.25) is 0 Å². The predicted octanol–water partition coefficient (Wildman–Crippen LogP) is 0.397. The van der Waals surface area contributed by atoms with Crippen molar-refractivity contribution in [2.75, 3.05) is 32.2 Å². The normalized spacial score (nSPS) is 11.9. The molecule has 86 valence electrons. The number of rotatable bonds is 5. The molecule has 0 aromatic carbocycles. The Labute approximate surface area is 94.9 Å². The van der Waals surface area contributed by atoms with Crippen LogP contribution in [-0.2, 0) is 4.74 Å². The molecule has 1 unspecified atom stereocenters. The average molecular weight is 221 g/mol. The van der Waals surface area contributed by atoms with Crippen molar-refractivity contribution < 1.29 is 9.84 Å². The zero-order valence-corrected chi connectivity index (χ0v) is 9.42. The molecule has 0 amide bonds. The summed E-state index contributed by atoms with van der Waals surface area (Å²) in [5.41, 5.74) is 1.22. The Bertz CT molecular complexity index is 376. The Kier molecular flexibility index (Phi) is 4.70. The number of anilines is 1. The minimum absolute atomic E-state index is 0.292. The maximum atomic E-state index is 9.56. The first kappa shape index (κ1) is 12.4. The second-order valence-electron chi connectivity index (χ2n) is 3.50. The standard InChI is InChI=1S/C11H15N3O2/c1-14(7-11(15)8-16-2)10-3-4-13-9(5-10)6-12/h3-5,11,15H,7-8H2,1-2H3. The van der Waals surface area contributed by atoms with Gasteiger partial charge in [0.25, 0.3) is 0 Å². The monoisotopic (exact) mass is 221 g/mol. The number of hydrogen-bond donors (Lipinski definition) is 1. The lowest BCUT2D eigenvalue weighted by Crippen LogP contribution is -2.31. The van der Waals surface area contributed by atoms with Gasteiger partial charge in [0.15, 0.2) is 0 Å². The first-order valence-corrected chi connectivity index (χ1v) is 4.91. The van der Waals surface area contributed by atoms with E-state index in [-0.39, 0.29) is 0 Å². The van der Waals surface area contributed by atoms with Gasteiger partial charge in [-0.15, -0.1) is 0 Å². The number of ether oxygens (including phenoxy) is 1. The van der Waals surface area contributed by atoms with E-state index in [0.29, 0.717) is 18.8 Å². The van der Waals surface area contributed by atoms with Gasteiger partial charge >= 0.3 is 0 Å². The number of aromatic nitrogens is 1. The Morgan fingerprint density at radius 1 is 1.69 bits per heavy atom. The van der Waals surface area contributed by atoms with Crippen molar-refractivity contribution in [1.29, 1.82) is 5.26 Å². The molecule has 1 atom stereocenters. The average Bonchev–Trinajstić information content (AvgIpc) is 2.29. The van der Waals surface area contributed by atoms with Crippen LogP contribution in [-0.4, -0.2) is 43.5 Å². The van der Waals surface area contributed by atoms with Gasteiger partial charge in [-0.3, -0.25) is 0 Å². The fourth-order valence-electron chi connectivity index (χ4n) is 1.38. The summed E-state index contributed by atoms with van der Waals surface area (Å²) in [7, 11) is 3.39. The summed E-state index contributed by atoms with van der Waals surface area (Å²) >= 11 is 0. The Hall–Kier alpha value is -1.64.